The molecule has 1 aromatic carbocycles. The van der Waals surface area contributed by atoms with Gasteiger partial charge in [-0.25, -0.2) is 18.1 Å². The third kappa shape index (κ3) is 2.94. The highest BCUT2D eigenvalue weighted by Gasteiger charge is 2.21. The molecule has 0 aliphatic carbocycles. The van der Waals surface area contributed by atoms with Gasteiger partial charge in [0.25, 0.3) is 15.9 Å². The molecule has 0 unspecified atom stereocenters. The molecule has 0 aliphatic rings. The molecule has 0 atom stereocenters. The Morgan fingerprint density at radius 1 is 1.21 bits per heavy atom. The standard InChI is InChI=1S/C16H14BrN3O3S/c1-9-10(2)19-15-12(9)4-3-5-13(15)16(21)20-24(22,23)11-6-7-14(17)18-8-11/h3-8,19H,1-2H3,(H,20,21). The van der Waals surface area contributed by atoms with E-state index in [1.165, 1.54) is 18.3 Å². The summed E-state index contributed by atoms with van der Waals surface area (Å²) in [6, 6.07) is 8.07. The van der Waals surface area contributed by atoms with Crippen molar-refractivity contribution in [2.24, 2.45) is 0 Å². The Balaban J connectivity index is 1.98. The topological polar surface area (TPSA) is 91.9 Å². The fraction of sp³-hybridized carbons (Fsp3) is 0.125. The predicted molar refractivity (Wildman–Crippen MR) is 94.4 cm³/mol. The summed E-state index contributed by atoms with van der Waals surface area (Å²) in [7, 11) is -3.99. The van der Waals surface area contributed by atoms with E-state index in [1.54, 1.807) is 12.1 Å². The summed E-state index contributed by atoms with van der Waals surface area (Å²) in [5.74, 6) is -0.690. The maximum absolute atomic E-state index is 12.5. The number of para-hydroxylation sites is 1. The number of carbonyl (C=O) groups is 1. The second kappa shape index (κ2) is 6.03. The summed E-state index contributed by atoms with van der Waals surface area (Å²) in [6.07, 6.45) is 1.18. The van der Waals surface area contributed by atoms with E-state index < -0.39 is 15.9 Å². The molecule has 1 amide bonds. The van der Waals surface area contributed by atoms with Gasteiger partial charge in [-0.1, -0.05) is 12.1 Å². The summed E-state index contributed by atoms with van der Waals surface area (Å²) in [5.41, 5.74) is 2.86. The van der Waals surface area contributed by atoms with Gasteiger partial charge in [0.2, 0.25) is 0 Å². The maximum Gasteiger partial charge on any atom is 0.267 e. The van der Waals surface area contributed by atoms with E-state index >= 15 is 0 Å². The zero-order valence-electron chi connectivity index (χ0n) is 12.9. The second-order valence-corrected chi connectivity index (χ2v) is 7.85. The van der Waals surface area contributed by atoms with E-state index in [4.69, 9.17) is 0 Å². The number of nitrogens with one attached hydrogen (secondary N) is 2. The van der Waals surface area contributed by atoms with Crippen LogP contribution in [0.2, 0.25) is 0 Å². The molecule has 2 N–H and O–H groups in total. The number of hydrogen-bond donors (Lipinski definition) is 2. The predicted octanol–water partition coefficient (Wildman–Crippen LogP) is 3.06. The highest BCUT2D eigenvalue weighted by atomic mass is 79.9. The van der Waals surface area contributed by atoms with Crippen molar-refractivity contribution in [2.75, 3.05) is 0 Å². The number of pyridine rings is 1. The Labute approximate surface area is 147 Å². The van der Waals surface area contributed by atoms with E-state index in [2.05, 4.69) is 30.6 Å². The van der Waals surface area contributed by atoms with Crippen molar-refractivity contribution in [1.82, 2.24) is 14.7 Å². The van der Waals surface area contributed by atoms with Crippen LogP contribution < -0.4 is 4.72 Å². The van der Waals surface area contributed by atoms with Crippen LogP contribution in [-0.4, -0.2) is 24.3 Å². The number of amides is 1. The molecule has 0 radical (unpaired) electrons. The molecule has 124 valence electrons. The lowest BCUT2D eigenvalue weighted by Crippen LogP contribution is -2.30. The average molecular weight is 408 g/mol. The maximum atomic E-state index is 12.5. The van der Waals surface area contributed by atoms with Gasteiger partial charge in [0, 0.05) is 17.3 Å². The van der Waals surface area contributed by atoms with Gasteiger partial charge in [0.1, 0.15) is 9.50 Å². The van der Waals surface area contributed by atoms with Gasteiger partial charge < -0.3 is 4.98 Å². The minimum Gasteiger partial charge on any atom is -0.358 e. The quantitative estimate of drug-likeness (QED) is 0.652. The third-order valence-corrected chi connectivity index (χ3v) is 5.61. The molecule has 0 bridgehead atoms. The number of benzene rings is 1. The molecule has 0 fully saturated rings. The van der Waals surface area contributed by atoms with Crippen LogP contribution in [0.3, 0.4) is 0 Å². The Kier molecular flexibility index (Phi) is 4.18. The first-order valence-electron chi connectivity index (χ1n) is 7.06. The Bertz CT molecular complexity index is 1040. The molecule has 0 saturated heterocycles. The number of aromatic nitrogens is 2. The number of H-pyrrole nitrogens is 1. The molecule has 2 heterocycles. The van der Waals surface area contributed by atoms with Crippen molar-refractivity contribution in [2.45, 2.75) is 18.7 Å². The summed E-state index contributed by atoms with van der Waals surface area (Å²) in [6.45, 7) is 3.85. The van der Waals surface area contributed by atoms with Gasteiger partial charge in [0.15, 0.2) is 0 Å². The Morgan fingerprint density at radius 3 is 2.62 bits per heavy atom. The van der Waals surface area contributed by atoms with E-state index in [-0.39, 0.29) is 10.5 Å². The molecule has 3 aromatic rings. The molecule has 3 rings (SSSR count). The number of carbonyl (C=O) groups excluding carboxylic acids is 1. The van der Waals surface area contributed by atoms with Gasteiger partial charge >= 0.3 is 0 Å². The zero-order chi connectivity index (χ0) is 17.5. The van der Waals surface area contributed by atoms with Crippen LogP contribution >= 0.6 is 15.9 Å². The molecule has 0 aliphatic heterocycles. The molecule has 0 spiro atoms. The molecule has 8 heteroatoms. The fourth-order valence-electron chi connectivity index (χ4n) is 2.43. The summed E-state index contributed by atoms with van der Waals surface area (Å²) in [4.78, 5) is 19.4. The van der Waals surface area contributed by atoms with Crippen LogP contribution in [0.5, 0.6) is 0 Å². The normalized spacial score (nSPS) is 11.6. The van der Waals surface area contributed by atoms with Crippen LogP contribution in [0.1, 0.15) is 21.6 Å². The lowest BCUT2D eigenvalue weighted by Gasteiger charge is -2.07. The van der Waals surface area contributed by atoms with Gasteiger partial charge in [-0.2, -0.15) is 0 Å². The van der Waals surface area contributed by atoms with E-state index in [0.29, 0.717) is 10.1 Å². The Morgan fingerprint density at radius 2 is 1.96 bits per heavy atom. The minimum atomic E-state index is -3.99. The summed E-state index contributed by atoms with van der Waals surface area (Å²) in [5, 5.41) is 0.892. The molecular weight excluding hydrogens is 394 g/mol. The smallest absolute Gasteiger partial charge is 0.267 e. The fourth-order valence-corrected chi connectivity index (χ4v) is 3.57. The average Bonchev–Trinajstić information content (AvgIpc) is 2.82. The molecule has 24 heavy (non-hydrogen) atoms. The van der Waals surface area contributed by atoms with Gasteiger partial charge in [-0.3, -0.25) is 4.79 Å². The number of nitrogens with zero attached hydrogens (tertiary/aromatic N) is 1. The van der Waals surface area contributed by atoms with Gasteiger partial charge in [-0.15, -0.1) is 0 Å². The van der Waals surface area contributed by atoms with Crippen LogP contribution in [0.4, 0.5) is 0 Å². The van der Waals surface area contributed by atoms with Crippen LogP contribution in [0.25, 0.3) is 10.9 Å². The van der Waals surface area contributed by atoms with Crippen molar-refractivity contribution in [1.29, 1.82) is 0 Å². The van der Waals surface area contributed by atoms with Gasteiger partial charge in [0.05, 0.1) is 11.1 Å². The first-order chi connectivity index (χ1) is 11.3. The van der Waals surface area contributed by atoms with Crippen molar-refractivity contribution < 1.29 is 13.2 Å². The van der Waals surface area contributed by atoms with E-state index in [9.17, 15) is 13.2 Å². The Hall–Kier alpha value is -2.19. The monoisotopic (exact) mass is 407 g/mol. The van der Waals surface area contributed by atoms with Crippen LogP contribution in [0.15, 0.2) is 46.0 Å². The SMILES string of the molecule is Cc1[nH]c2c(C(=O)NS(=O)(=O)c3ccc(Br)nc3)cccc2c1C. The summed E-state index contributed by atoms with van der Waals surface area (Å²) < 4.78 is 27.3. The molecule has 6 nitrogen and oxygen atoms in total. The number of aryl methyl sites for hydroxylation is 2. The number of rotatable bonds is 3. The van der Waals surface area contributed by atoms with Crippen molar-refractivity contribution >= 4 is 42.8 Å². The lowest BCUT2D eigenvalue weighted by atomic mass is 10.1. The highest BCUT2D eigenvalue weighted by molar-refractivity contribution is 9.10. The second-order valence-electron chi connectivity index (χ2n) is 5.35. The number of hydrogen-bond acceptors (Lipinski definition) is 4. The first kappa shape index (κ1) is 16.7. The van der Waals surface area contributed by atoms with Crippen molar-refractivity contribution in [3.63, 3.8) is 0 Å². The number of sulfonamides is 1. The van der Waals surface area contributed by atoms with E-state index in [1.807, 2.05) is 19.9 Å². The largest absolute Gasteiger partial charge is 0.358 e. The molecule has 2 aromatic heterocycles. The minimum absolute atomic E-state index is 0.0786. The summed E-state index contributed by atoms with van der Waals surface area (Å²) >= 11 is 3.14. The number of fused-ring (bicyclic) bond motifs is 1. The van der Waals surface area contributed by atoms with Crippen LogP contribution in [0, 0.1) is 13.8 Å². The number of halogens is 1. The van der Waals surface area contributed by atoms with Crippen molar-refractivity contribution in [3.05, 3.63) is 58.0 Å². The third-order valence-electron chi connectivity index (χ3n) is 3.83. The molecule has 0 saturated carbocycles. The van der Waals surface area contributed by atoms with E-state index in [0.717, 1.165) is 16.6 Å². The van der Waals surface area contributed by atoms with Crippen molar-refractivity contribution in [3.8, 4) is 0 Å². The highest BCUT2D eigenvalue weighted by Crippen LogP contribution is 2.24. The lowest BCUT2D eigenvalue weighted by molar-refractivity contribution is 0.0983. The molecular formula is C16H14BrN3O3S. The number of aromatic amines is 1. The van der Waals surface area contributed by atoms with Crippen LogP contribution in [-0.2, 0) is 10.0 Å². The zero-order valence-corrected chi connectivity index (χ0v) is 15.3. The first-order valence-corrected chi connectivity index (χ1v) is 9.34. The van der Waals surface area contributed by atoms with Gasteiger partial charge in [-0.05, 0) is 53.5 Å².